The molecule has 2 heterocycles. The molecule has 0 aromatic carbocycles. The number of aromatic nitrogens is 5. The number of nitrogens with zero attached hydrogens (tertiary/aromatic N) is 4. The molecule has 0 aliphatic rings. The van der Waals surface area contributed by atoms with Crippen molar-refractivity contribution in [1.29, 1.82) is 0 Å². The lowest BCUT2D eigenvalue weighted by molar-refractivity contribution is 0.534. The standard InChI is InChI=1S/C7H9N5S2/c1-4-3-14-6(8-4)5(2)12-7(13)9-10-11-12/h3,5H,1-2H3,(H,9,11,13). The first kappa shape index (κ1) is 9.47. The van der Waals surface area contributed by atoms with Gasteiger partial charge >= 0.3 is 0 Å². The number of hydrogen-bond acceptors (Lipinski definition) is 5. The van der Waals surface area contributed by atoms with Gasteiger partial charge in [0.1, 0.15) is 11.0 Å². The molecule has 0 spiro atoms. The molecule has 0 saturated carbocycles. The van der Waals surface area contributed by atoms with Crippen LogP contribution in [-0.4, -0.2) is 25.2 Å². The second kappa shape index (κ2) is 3.58. The molecule has 0 saturated heterocycles. The van der Waals surface area contributed by atoms with Crippen molar-refractivity contribution in [3.05, 3.63) is 20.9 Å². The highest BCUT2D eigenvalue weighted by atomic mass is 32.1. The van der Waals surface area contributed by atoms with Crippen LogP contribution >= 0.6 is 23.6 Å². The Morgan fingerprint density at radius 3 is 2.93 bits per heavy atom. The molecule has 0 radical (unpaired) electrons. The van der Waals surface area contributed by atoms with Gasteiger partial charge in [0, 0.05) is 11.1 Å². The third-order valence-corrected chi connectivity index (χ3v) is 3.29. The fourth-order valence-electron chi connectivity index (χ4n) is 1.13. The lowest BCUT2D eigenvalue weighted by Crippen LogP contribution is -2.08. The number of aromatic amines is 1. The van der Waals surface area contributed by atoms with Crippen LogP contribution in [0.3, 0.4) is 0 Å². The Morgan fingerprint density at radius 2 is 2.43 bits per heavy atom. The summed E-state index contributed by atoms with van der Waals surface area (Å²) in [6.45, 7) is 3.98. The maximum Gasteiger partial charge on any atom is 0.238 e. The SMILES string of the molecule is Cc1csc(C(C)n2[nH]nnc2=S)n1. The Balaban J connectivity index is 2.38. The molecule has 0 aliphatic heterocycles. The Bertz CT molecular complexity index is 482. The number of thiazole rings is 1. The molecule has 1 atom stereocenters. The molecule has 0 bridgehead atoms. The zero-order valence-corrected chi connectivity index (χ0v) is 9.39. The maximum absolute atomic E-state index is 5.00. The molecular formula is C7H9N5S2. The fraction of sp³-hybridized carbons (Fsp3) is 0.429. The van der Waals surface area contributed by atoms with Gasteiger partial charge in [-0.15, -0.1) is 11.3 Å². The highest BCUT2D eigenvalue weighted by molar-refractivity contribution is 7.71. The lowest BCUT2D eigenvalue weighted by atomic mass is 10.4. The molecule has 0 aliphatic carbocycles. The Labute approximate surface area is 89.8 Å². The van der Waals surface area contributed by atoms with Crippen LogP contribution in [-0.2, 0) is 0 Å². The monoisotopic (exact) mass is 227 g/mol. The molecular weight excluding hydrogens is 218 g/mol. The average molecular weight is 227 g/mol. The van der Waals surface area contributed by atoms with Crippen LogP contribution in [0.4, 0.5) is 0 Å². The molecule has 74 valence electrons. The molecule has 0 amide bonds. The van der Waals surface area contributed by atoms with Gasteiger partial charge in [0.05, 0.1) is 0 Å². The molecule has 2 aromatic rings. The number of H-pyrrole nitrogens is 1. The van der Waals surface area contributed by atoms with E-state index in [4.69, 9.17) is 12.2 Å². The first-order valence-corrected chi connectivity index (χ1v) is 5.39. The normalized spacial score (nSPS) is 13.0. The summed E-state index contributed by atoms with van der Waals surface area (Å²) in [5, 5.41) is 13.1. The third kappa shape index (κ3) is 1.60. The first-order chi connectivity index (χ1) is 6.68. The molecule has 5 nitrogen and oxygen atoms in total. The van der Waals surface area contributed by atoms with Crippen LogP contribution in [0.1, 0.15) is 23.7 Å². The largest absolute Gasteiger partial charge is 0.244 e. The van der Waals surface area contributed by atoms with Crippen molar-refractivity contribution < 1.29 is 0 Å². The molecule has 2 rings (SSSR count). The van der Waals surface area contributed by atoms with E-state index in [1.807, 2.05) is 19.2 Å². The summed E-state index contributed by atoms with van der Waals surface area (Å²) in [4.78, 5) is 4.38. The predicted octanol–water partition coefficient (Wildman–Crippen LogP) is 1.71. The van der Waals surface area contributed by atoms with Gasteiger partial charge in [-0.3, -0.25) is 0 Å². The first-order valence-electron chi connectivity index (χ1n) is 4.10. The van der Waals surface area contributed by atoms with Crippen molar-refractivity contribution in [3.63, 3.8) is 0 Å². The number of tetrazole rings is 1. The van der Waals surface area contributed by atoms with E-state index in [-0.39, 0.29) is 6.04 Å². The molecule has 14 heavy (non-hydrogen) atoms. The van der Waals surface area contributed by atoms with Crippen LogP contribution in [0.5, 0.6) is 0 Å². The minimum Gasteiger partial charge on any atom is -0.244 e. The van der Waals surface area contributed by atoms with Gasteiger partial charge in [-0.25, -0.2) is 9.67 Å². The summed E-state index contributed by atoms with van der Waals surface area (Å²) in [6, 6.07) is 0.0659. The highest BCUT2D eigenvalue weighted by Gasteiger charge is 2.12. The number of rotatable bonds is 2. The van der Waals surface area contributed by atoms with Crippen molar-refractivity contribution in [1.82, 2.24) is 25.2 Å². The second-order valence-corrected chi connectivity index (χ2v) is 4.21. The summed E-state index contributed by atoms with van der Waals surface area (Å²) in [5.41, 5.74) is 1.02. The molecule has 7 heteroatoms. The quantitative estimate of drug-likeness (QED) is 0.793. The summed E-state index contributed by atoms with van der Waals surface area (Å²) >= 11 is 6.61. The van der Waals surface area contributed by atoms with Gasteiger partial charge < -0.3 is 0 Å². The summed E-state index contributed by atoms with van der Waals surface area (Å²) in [5.74, 6) is 0. The van der Waals surface area contributed by atoms with E-state index < -0.39 is 0 Å². The average Bonchev–Trinajstić information content (AvgIpc) is 2.73. The van der Waals surface area contributed by atoms with Crippen molar-refractivity contribution in [2.24, 2.45) is 0 Å². The molecule has 2 aromatic heterocycles. The van der Waals surface area contributed by atoms with E-state index in [1.54, 1.807) is 16.0 Å². The molecule has 1 unspecified atom stereocenters. The van der Waals surface area contributed by atoms with Gasteiger partial charge in [0.2, 0.25) is 4.77 Å². The number of nitrogens with one attached hydrogen (secondary N) is 1. The van der Waals surface area contributed by atoms with Gasteiger partial charge in [0.25, 0.3) is 0 Å². The summed E-state index contributed by atoms with van der Waals surface area (Å²) in [6.07, 6.45) is 0. The van der Waals surface area contributed by atoms with E-state index in [9.17, 15) is 0 Å². The summed E-state index contributed by atoms with van der Waals surface area (Å²) in [7, 11) is 0. The number of hydrogen-bond donors (Lipinski definition) is 1. The zero-order chi connectivity index (χ0) is 10.1. The van der Waals surface area contributed by atoms with Crippen LogP contribution in [0.2, 0.25) is 0 Å². The predicted molar refractivity (Wildman–Crippen MR) is 55.9 cm³/mol. The van der Waals surface area contributed by atoms with E-state index in [1.165, 1.54) is 0 Å². The van der Waals surface area contributed by atoms with Gasteiger partial charge in [-0.05, 0) is 26.1 Å². The highest BCUT2D eigenvalue weighted by Crippen LogP contribution is 2.20. The Kier molecular flexibility index (Phi) is 2.42. The Hall–Kier alpha value is -1.08. The van der Waals surface area contributed by atoms with Crippen LogP contribution < -0.4 is 0 Å². The second-order valence-electron chi connectivity index (χ2n) is 2.96. The number of aryl methyl sites for hydroxylation is 1. The smallest absolute Gasteiger partial charge is 0.238 e. The van der Waals surface area contributed by atoms with Crippen molar-refractivity contribution in [3.8, 4) is 0 Å². The minimum atomic E-state index is 0.0659. The van der Waals surface area contributed by atoms with Crippen LogP contribution in [0, 0.1) is 11.7 Å². The third-order valence-electron chi connectivity index (χ3n) is 1.88. The van der Waals surface area contributed by atoms with Gasteiger partial charge in [0.15, 0.2) is 0 Å². The van der Waals surface area contributed by atoms with Gasteiger partial charge in [-0.1, -0.05) is 10.3 Å². The Morgan fingerprint density at radius 1 is 1.64 bits per heavy atom. The topological polar surface area (TPSA) is 59.4 Å². The zero-order valence-electron chi connectivity index (χ0n) is 7.76. The van der Waals surface area contributed by atoms with Crippen LogP contribution in [0.25, 0.3) is 0 Å². The van der Waals surface area contributed by atoms with E-state index in [2.05, 4.69) is 20.5 Å². The van der Waals surface area contributed by atoms with Crippen LogP contribution in [0.15, 0.2) is 5.38 Å². The minimum absolute atomic E-state index is 0.0659. The van der Waals surface area contributed by atoms with E-state index in [0.29, 0.717) is 4.77 Å². The van der Waals surface area contributed by atoms with Crippen molar-refractivity contribution in [2.45, 2.75) is 19.9 Å². The van der Waals surface area contributed by atoms with E-state index >= 15 is 0 Å². The molecule has 1 N–H and O–H groups in total. The van der Waals surface area contributed by atoms with Gasteiger partial charge in [-0.2, -0.15) is 5.21 Å². The lowest BCUT2D eigenvalue weighted by Gasteiger charge is -2.07. The van der Waals surface area contributed by atoms with E-state index in [0.717, 1.165) is 10.7 Å². The van der Waals surface area contributed by atoms with Crippen molar-refractivity contribution in [2.75, 3.05) is 0 Å². The maximum atomic E-state index is 5.00. The van der Waals surface area contributed by atoms with Crippen molar-refractivity contribution >= 4 is 23.6 Å². The summed E-state index contributed by atoms with van der Waals surface area (Å²) < 4.78 is 2.17. The molecule has 0 fully saturated rings. The fourth-order valence-corrected chi connectivity index (χ4v) is 2.21.